The Morgan fingerprint density at radius 1 is 1.37 bits per heavy atom. The molecule has 0 aromatic carbocycles. The number of aromatic nitrogens is 4. The Labute approximate surface area is 111 Å². The maximum atomic E-state index is 11.9. The van der Waals surface area contributed by atoms with Crippen LogP contribution in [0.3, 0.4) is 0 Å². The minimum absolute atomic E-state index is 0.164. The number of nitrogens with zero attached hydrogens (tertiary/aromatic N) is 3. The van der Waals surface area contributed by atoms with Gasteiger partial charge in [-0.2, -0.15) is 0 Å². The average molecular weight is 283 g/mol. The zero-order valence-electron chi connectivity index (χ0n) is 10.5. The van der Waals surface area contributed by atoms with Crippen molar-refractivity contribution in [3.05, 3.63) is 20.8 Å². The number of fused-ring (bicyclic) bond motifs is 1. The molecule has 2 heterocycles. The van der Waals surface area contributed by atoms with E-state index in [0.717, 1.165) is 16.3 Å². The van der Waals surface area contributed by atoms with Crippen LogP contribution in [0.1, 0.15) is 6.92 Å². The molecule has 9 heteroatoms. The van der Waals surface area contributed by atoms with E-state index in [1.165, 1.54) is 25.6 Å². The molecule has 2 aromatic heterocycles. The Bertz CT molecular complexity index is 772. The van der Waals surface area contributed by atoms with Gasteiger partial charge in [-0.05, 0) is 6.92 Å². The van der Waals surface area contributed by atoms with Crippen LogP contribution in [0.5, 0.6) is 0 Å². The summed E-state index contributed by atoms with van der Waals surface area (Å²) in [6, 6.07) is 0. The van der Waals surface area contributed by atoms with Gasteiger partial charge in [0.25, 0.3) is 5.56 Å². The van der Waals surface area contributed by atoms with Gasteiger partial charge in [0.15, 0.2) is 16.3 Å². The van der Waals surface area contributed by atoms with Crippen molar-refractivity contribution in [2.75, 3.05) is 0 Å². The fourth-order valence-electron chi connectivity index (χ4n) is 1.58. The number of carbonyl (C=O) groups excluding carboxylic acids is 1. The molecule has 1 atom stereocenters. The molecule has 0 aliphatic heterocycles. The highest BCUT2D eigenvalue weighted by atomic mass is 32.2. The molecule has 2 aromatic rings. The molecule has 0 aliphatic carbocycles. The summed E-state index contributed by atoms with van der Waals surface area (Å²) in [5.74, 6) is -1.23. The normalized spacial score (nSPS) is 12.8. The first-order valence-corrected chi connectivity index (χ1v) is 6.24. The lowest BCUT2D eigenvalue weighted by Crippen LogP contribution is -2.36. The van der Waals surface area contributed by atoms with Crippen molar-refractivity contribution in [3.8, 4) is 0 Å². The number of carbonyl (C=O) groups is 1. The van der Waals surface area contributed by atoms with Gasteiger partial charge in [-0.15, -0.1) is 0 Å². The summed E-state index contributed by atoms with van der Waals surface area (Å²) in [7, 11) is 2.85. The minimum atomic E-state index is -1.23. The fraction of sp³-hybridized carbons (Fsp3) is 0.400. The summed E-state index contributed by atoms with van der Waals surface area (Å²) in [4.78, 5) is 41.0. The molecule has 102 valence electrons. The number of carboxylic acid groups (broad SMARTS) is 1. The van der Waals surface area contributed by atoms with E-state index in [1.54, 1.807) is 0 Å². The molecule has 19 heavy (non-hydrogen) atoms. The summed E-state index contributed by atoms with van der Waals surface area (Å²) in [5, 5.41) is 10.1. The highest BCUT2D eigenvalue weighted by Gasteiger charge is 2.15. The van der Waals surface area contributed by atoms with Gasteiger partial charge in [-0.25, -0.2) is 9.78 Å². The van der Waals surface area contributed by atoms with Gasteiger partial charge < -0.3 is 14.9 Å². The summed E-state index contributed by atoms with van der Waals surface area (Å²) in [6.07, 6.45) is 0. The van der Waals surface area contributed by atoms with Crippen molar-refractivity contribution in [2.45, 2.75) is 17.3 Å². The second kappa shape index (κ2) is 4.57. The minimum Gasteiger partial charge on any atom is -0.549 e. The lowest BCUT2D eigenvalue weighted by Gasteiger charge is -2.08. The van der Waals surface area contributed by atoms with Gasteiger partial charge in [0.1, 0.15) is 0 Å². The van der Waals surface area contributed by atoms with E-state index in [0.29, 0.717) is 0 Å². The molecule has 0 unspecified atom stereocenters. The number of aryl methyl sites for hydroxylation is 1. The lowest BCUT2D eigenvalue weighted by atomic mass is 10.5. The number of H-pyrrole nitrogens is 1. The maximum absolute atomic E-state index is 11.9. The average Bonchev–Trinajstić information content (AvgIpc) is 2.77. The van der Waals surface area contributed by atoms with Gasteiger partial charge in [-0.1, -0.05) is 11.8 Å². The van der Waals surface area contributed by atoms with Crippen molar-refractivity contribution < 1.29 is 9.90 Å². The molecule has 0 amide bonds. The number of hydrogen-bond acceptors (Lipinski definition) is 6. The summed E-state index contributed by atoms with van der Waals surface area (Å²) in [6.45, 7) is 1.45. The van der Waals surface area contributed by atoms with Gasteiger partial charge in [0, 0.05) is 19.3 Å². The summed E-state index contributed by atoms with van der Waals surface area (Å²) < 4.78 is 2.18. The third-order valence-electron chi connectivity index (χ3n) is 2.69. The highest BCUT2D eigenvalue weighted by Crippen LogP contribution is 2.21. The fourth-order valence-corrected chi connectivity index (χ4v) is 2.31. The quantitative estimate of drug-likeness (QED) is 0.664. The first-order chi connectivity index (χ1) is 8.82. The van der Waals surface area contributed by atoms with E-state index >= 15 is 0 Å². The molecular formula is C10H11N4O4S-. The molecule has 0 spiro atoms. The predicted molar refractivity (Wildman–Crippen MR) is 66.9 cm³/mol. The van der Waals surface area contributed by atoms with Crippen LogP contribution in [0, 0.1) is 0 Å². The summed E-state index contributed by atoms with van der Waals surface area (Å²) in [5.41, 5.74) is -0.633. The van der Waals surface area contributed by atoms with Crippen molar-refractivity contribution in [1.82, 2.24) is 19.1 Å². The molecular weight excluding hydrogens is 272 g/mol. The van der Waals surface area contributed by atoms with E-state index in [9.17, 15) is 19.5 Å². The van der Waals surface area contributed by atoms with Crippen molar-refractivity contribution in [1.29, 1.82) is 0 Å². The summed E-state index contributed by atoms with van der Waals surface area (Å²) >= 11 is 0.914. The van der Waals surface area contributed by atoms with Crippen LogP contribution in [0.2, 0.25) is 0 Å². The smallest absolute Gasteiger partial charge is 0.332 e. The number of thioether (sulfide) groups is 1. The van der Waals surface area contributed by atoms with Gasteiger partial charge in [0.2, 0.25) is 0 Å². The molecule has 0 saturated heterocycles. The Morgan fingerprint density at radius 3 is 2.58 bits per heavy atom. The third kappa shape index (κ3) is 2.16. The second-order valence-corrected chi connectivity index (χ2v) is 5.35. The number of aliphatic carboxylic acids is 1. The first kappa shape index (κ1) is 13.4. The number of rotatable bonds is 3. The SMILES string of the molecule is C[C@@H](Sc1nc2c([nH]1)c(=O)n(C)c(=O)n2C)C(=O)[O-]. The van der Waals surface area contributed by atoms with E-state index < -0.39 is 22.5 Å². The van der Waals surface area contributed by atoms with Crippen LogP contribution < -0.4 is 16.4 Å². The van der Waals surface area contributed by atoms with Crippen molar-refractivity contribution in [2.24, 2.45) is 14.1 Å². The number of imidazole rings is 1. The standard InChI is InChI=1S/C10H12N4O4S/c1-4(8(16)17)19-9-11-5-6(12-9)13(2)10(18)14(3)7(5)15/h4H,1-3H3,(H,11,12)(H,16,17)/p-1/t4-/m1/s1. The Balaban J connectivity index is 2.62. The molecule has 0 saturated carbocycles. The van der Waals surface area contributed by atoms with Crippen molar-refractivity contribution >= 4 is 28.9 Å². The molecule has 0 bridgehead atoms. The van der Waals surface area contributed by atoms with Gasteiger partial charge in [-0.3, -0.25) is 13.9 Å². The number of nitrogens with one attached hydrogen (secondary N) is 1. The van der Waals surface area contributed by atoms with Crippen LogP contribution >= 0.6 is 11.8 Å². The van der Waals surface area contributed by atoms with Crippen LogP contribution in [-0.2, 0) is 18.9 Å². The number of hydrogen-bond donors (Lipinski definition) is 1. The number of aromatic amines is 1. The monoisotopic (exact) mass is 283 g/mol. The molecule has 1 N–H and O–H groups in total. The van der Waals surface area contributed by atoms with Gasteiger partial charge >= 0.3 is 5.69 Å². The molecule has 2 rings (SSSR count). The Kier molecular flexibility index (Phi) is 3.23. The third-order valence-corrected chi connectivity index (χ3v) is 3.66. The predicted octanol–water partition coefficient (Wildman–Crippen LogP) is -1.81. The van der Waals surface area contributed by atoms with Crippen LogP contribution in [-0.4, -0.2) is 30.3 Å². The van der Waals surface area contributed by atoms with E-state index in [-0.39, 0.29) is 16.3 Å². The zero-order chi connectivity index (χ0) is 14.3. The molecule has 0 radical (unpaired) electrons. The van der Waals surface area contributed by atoms with Crippen LogP contribution in [0.4, 0.5) is 0 Å². The Hall–Kier alpha value is -2.03. The largest absolute Gasteiger partial charge is 0.549 e. The highest BCUT2D eigenvalue weighted by molar-refractivity contribution is 8.00. The van der Waals surface area contributed by atoms with E-state index in [2.05, 4.69) is 9.97 Å². The molecule has 8 nitrogen and oxygen atoms in total. The Morgan fingerprint density at radius 2 is 2.00 bits per heavy atom. The van der Waals surface area contributed by atoms with Crippen molar-refractivity contribution in [3.63, 3.8) is 0 Å². The zero-order valence-corrected chi connectivity index (χ0v) is 11.3. The topological polar surface area (TPSA) is 113 Å². The second-order valence-electron chi connectivity index (χ2n) is 4.03. The number of carboxylic acids is 1. The first-order valence-electron chi connectivity index (χ1n) is 5.36. The van der Waals surface area contributed by atoms with Crippen LogP contribution in [0.15, 0.2) is 14.7 Å². The van der Waals surface area contributed by atoms with Gasteiger partial charge in [0.05, 0.1) is 5.97 Å². The van der Waals surface area contributed by atoms with E-state index in [1.807, 2.05) is 0 Å². The van der Waals surface area contributed by atoms with Crippen LogP contribution in [0.25, 0.3) is 11.2 Å². The molecule has 0 fully saturated rings. The van der Waals surface area contributed by atoms with E-state index in [4.69, 9.17) is 0 Å². The maximum Gasteiger partial charge on any atom is 0.332 e. The lowest BCUT2D eigenvalue weighted by molar-refractivity contribution is -0.304. The molecule has 0 aliphatic rings.